The third-order valence-corrected chi connectivity index (χ3v) is 11.7. The molecule has 2 heterocycles. The number of rotatable bonds is 3. The highest BCUT2D eigenvalue weighted by Gasteiger charge is 2.15. The Labute approximate surface area is 126 Å². The second-order valence-corrected chi connectivity index (χ2v) is 11.4. The minimum absolute atomic E-state index is 0.00122. The van der Waals surface area contributed by atoms with Crippen molar-refractivity contribution in [2.24, 2.45) is 0 Å². The van der Waals surface area contributed by atoms with E-state index in [1.165, 1.54) is 12.3 Å². The third kappa shape index (κ3) is 2.43. The average Bonchev–Trinajstić information content (AvgIpc) is 2.72. The van der Waals surface area contributed by atoms with E-state index < -0.39 is 0 Å². The smallest absolute Gasteiger partial charge is 0.00627 e. The molecule has 0 aliphatic carbocycles. The van der Waals surface area contributed by atoms with Crippen LogP contribution in [0.4, 0.5) is 0 Å². The van der Waals surface area contributed by atoms with Gasteiger partial charge in [0.25, 0.3) is 0 Å². The second-order valence-electron chi connectivity index (χ2n) is 6.14. The van der Waals surface area contributed by atoms with Crippen molar-refractivity contribution in [1.29, 1.82) is 0 Å². The molecule has 0 nitrogen and oxygen atoms in total. The van der Waals surface area contributed by atoms with Crippen molar-refractivity contribution in [2.75, 3.05) is 0 Å². The maximum atomic E-state index is 2.37. The average molecular weight is 306 g/mol. The van der Waals surface area contributed by atoms with Gasteiger partial charge in [0, 0.05) is 0 Å². The topological polar surface area (TPSA) is 0 Å². The monoisotopic (exact) mass is 306 g/mol. The lowest BCUT2D eigenvalue weighted by atomic mass is 10.2. The maximum absolute atomic E-state index is 2.37. The Kier molecular flexibility index (Phi) is 4.58. The van der Waals surface area contributed by atoms with Crippen LogP contribution in [0.1, 0.15) is 43.4 Å². The third-order valence-electron chi connectivity index (χ3n) is 5.46. The van der Waals surface area contributed by atoms with Gasteiger partial charge in [0.1, 0.15) is 0 Å². The van der Waals surface area contributed by atoms with Crippen LogP contribution in [-0.4, -0.2) is 0 Å². The second kappa shape index (κ2) is 5.75. The molecule has 0 bridgehead atoms. The molecule has 110 valence electrons. The van der Waals surface area contributed by atoms with Crippen LogP contribution in [0.25, 0.3) is 0 Å². The van der Waals surface area contributed by atoms with Crippen LogP contribution in [0.5, 0.6) is 0 Å². The van der Waals surface area contributed by atoms with Gasteiger partial charge in [0.2, 0.25) is 0 Å². The van der Waals surface area contributed by atoms with Gasteiger partial charge < -0.3 is 0 Å². The van der Waals surface area contributed by atoms with Crippen molar-refractivity contribution in [2.45, 2.75) is 67.7 Å². The van der Waals surface area contributed by atoms with Crippen LogP contribution in [0.15, 0.2) is 0 Å². The first-order chi connectivity index (χ1) is 9.27. The van der Waals surface area contributed by atoms with Gasteiger partial charge in [-0.25, -0.2) is 0 Å². The first kappa shape index (κ1) is 15.9. The largest absolute Gasteiger partial charge is 0.118 e. The van der Waals surface area contributed by atoms with Gasteiger partial charge in [-0.3, -0.25) is 0 Å². The molecule has 2 rings (SSSR count). The quantitative estimate of drug-likeness (QED) is 0.583. The van der Waals surface area contributed by atoms with E-state index in [0.717, 1.165) is 0 Å². The summed E-state index contributed by atoms with van der Waals surface area (Å²) in [7, 11) is 0.00244. The lowest BCUT2D eigenvalue weighted by molar-refractivity contribution is 1.26. The van der Waals surface area contributed by atoms with E-state index in [9.17, 15) is 0 Å². The minimum atomic E-state index is 0.00122. The van der Waals surface area contributed by atoms with Crippen LogP contribution < -0.4 is 0 Å². The molecule has 0 saturated carbocycles. The molecule has 0 aromatic carbocycles. The zero-order valence-electron chi connectivity index (χ0n) is 14.3. The van der Waals surface area contributed by atoms with Gasteiger partial charge in [-0.15, -0.1) is 15.1 Å². The van der Waals surface area contributed by atoms with Crippen LogP contribution in [0.2, 0.25) is 0 Å². The first-order valence-corrected chi connectivity index (χ1v) is 10.6. The molecule has 0 fully saturated rings. The minimum Gasteiger partial charge on any atom is -0.118 e. The van der Waals surface area contributed by atoms with E-state index >= 15 is 0 Å². The standard InChI is InChI=1S/C18H28P2/c1-11-12(2)16(6)19(15(11)5)9-10-20-17(7)13(3)14(4)18(20)8/h9-10H2,1-8H3. The zero-order valence-corrected chi connectivity index (χ0v) is 16.1. The molecule has 0 aliphatic heterocycles. The van der Waals surface area contributed by atoms with E-state index in [4.69, 9.17) is 0 Å². The summed E-state index contributed by atoms with van der Waals surface area (Å²) in [6.07, 6.45) is 2.78. The predicted octanol–water partition coefficient (Wildman–Crippen LogP) is 6.83. The summed E-state index contributed by atoms with van der Waals surface area (Å²) >= 11 is 0. The molecule has 2 aromatic rings. The molecule has 0 radical (unpaired) electrons. The molecule has 20 heavy (non-hydrogen) atoms. The van der Waals surface area contributed by atoms with Crippen molar-refractivity contribution in [3.8, 4) is 0 Å². The Hall–Kier alpha value is -0.440. The zero-order chi connectivity index (χ0) is 15.2. The van der Waals surface area contributed by atoms with Crippen LogP contribution in [-0.2, 0) is 12.3 Å². The van der Waals surface area contributed by atoms with Crippen molar-refractivity contribution in [1.82, 2.24) is 0 Å². The highest BCUT2D eigenvalue weighted by molar-refractivity contribution is 7.54. The van der Waals surface area contributed by atoms with E-state index in [0.29, 0.717) is 0 Å². The van der Waals surface area contributed by atoms with Crippen LogP contribution in [0, 0.1) is 55.4 Å². The van der Waals surface area contributed by atoms with Gasteiger partial charge in [-0.1, -0.05) is 0 Å². The Bertz CT molecular complexity index is 545. The summed E-state index contributed by atoms with van der Waals surface area (Å²) in [6, 6.07) is 0. The highest BCUT2D eigenvalue weighted by Crippen LogP contribution is 2.51. The summed E-state index contributed by atoms with van der Waals surface area (Å²) in [4.78, 5) is 0. The van der Waals surface area contributed by atoms with Crippen LogP contribution >= 0.6 is 15.1 Å². The molecule has 0 unspecified atom stereocenters. The maximum Gasteiger partial charge on any atom is -0.00627 e. The fraction of sp³-hybridized carbons (Fsp3) is 0.556. The molecule has 0 N–H and O–H groups in total. The van der Waals surface area contributed by atoms with Crippen LogP contribution in [0.3, 0.4) is 0 Å². The lowest BCUT2D eigenvalue weighted by Crippen LogP contribution is -1.77. The Balaban J connectivity index is 2.31. The molecule has 0 atom stereocenters. The summed E-state index contributed by atoms with van der Waals surface area (Å²) in [5.41, 5.74) is 6.28. The SMILES string of the molecule is Cc1c(C)c(C)p(CCp2c(C)c(C)c(C)c2C)c1C. The number of hydrogen-bond donors (Lipinski definition) is 0. The fourth-order valence-electron chi connectivity index (χ4n) is 3.27. The summed E-state index contributed by atoms with van der Waals surface area (Å²) < 4.78 is 0. The summed E-state index contributed by atoms with van der Waals surface area (Å²) in [6.45, 7) is 18.7. The highest BCUT2D eigenvalue weighted by atomic mass is 31.1. The summed E-state index contributed by atoms with van der Waals surface area (Å²) in [5, 5.41) is 6.73. The molecular weight excluding hydrogens is 278 g/mol. The molecule has 0 saturated heterocycles. The lowest BCUT2D eigenvalue weighted by Gasteiger charge is -2.08. The van der Waals surface area contributed by atoms with Crippen molar-refractivity contribution in [3.63, 3.8) is 0 Å². The van der Waals surface area contributed by atoms with Crippen molar-refractivity contribution < 1.29 is 0 Å². The van der Waals surface area contributed by atoms with Crippen molar-refractivity contribution >= 4 is 15.1 Å². The molecule has 0 spiro atoms. The molecule has 0 aliphatic rings. The Morgan fingerprint density at radius 3 is 0.850 bits per heavy atom. The van der Waals surface area contributed by atoms with Gasteiger partial charge in [0.15, 0.2) is 0 Å². The van der Waals surface area contributed by atoms with Gasteiger partial charge in [0.05, 0.1) is 0 Å². The predicted molar refractivity (Wildman–Crippen MR) is 96.2 cm³/mol. The molecule has 2 aromatic heterocycles. The summed E-state index contributed by atoms with van der Waals surface area (Å²) in [5.74, 6) is 0. The number of hydrogen-bond acceptors (Lipinski definition) is 0. The molecule has 0 amide bonds. The van der Waals surface area contributed by atoms with E-state index in [-0.39, 0.29) is 15.1 Å². The fourth-order valence-corrected chi connectivity index (χ4v) is 9.51. The van der Waals surface area contributed by atoms with Gasteiger partial charge >= 0.3 is 0 Å². The van der Waals surface area contributed by atoms with E-state index in [1.54, 1.807) is 43.4 Å². The Morgan fingerprint density at radius 2 is 0.650 bits per heavy atom. The van der Waals surface area contributed by atoms with E-state index in [1.807, 2.05) is 0 Å². The van der Waals surface area contributed by atoms with Crippen molar-refractivity contribution in [3.05, 3.63) is 43.4 Å². The molecule has 2 heteroatoms. The van der Waals surface area contributed by atoms with Gasteiger partial charge in [-0.2, -0.15) is 0 Å². The molecular formula is C18H28P2. The van der Waals surface area contributed by atoms with E-state index in [2.05, 4.69) is 55.4 Å². The Morgan fingerprint density at radius 1 is 0.450 bits per heavy atom. The normalized spacial score (nSPS) is 11.4. The first-order valence-electron chi connectivity index (χ1n) is 7.53. The van der Waals surface area contributed by atoms with Gasteiger partial charge in [-0.05, 0) is 111 Å².